The number of thiazole rings is 1. The SMILES string of the molecule is CC(C)(CCc1ccccc1)NCc1cncs1. The molecule has 0 radical (unpaired) electrons. The fourth-order valence-corrected chi connectivity index (χ4v) is 2.38. The largest absolute Gasteiger partial charge is 0.307 e. The second-order valence-electron chi connectivity index (χ2n) is 5.19. The molecule has 18 heavy (non-hydrogen) atoms. The third-order valence-electron chi connectivity index (χ3n) is 3.11. The van der Waals surface area contributed by atoms with Gasteiger partial charge in [0.05, 0.1) is 5.51 Å². The smallest absolute Gasteiger partial charge is 0.0794 e. The number of aryl methyl sites for hydroxylation is 1. The van der Waals surface area contributed by atoms with E-state index >= 15 is 0 Å². The second kappa shape index (κ2) is 6.12. The van der Waals surface area contributed by atoms with Crippen LogP contribution in [0, 0.1) is 0 Å². The van der Waals surface area contributed by atoms with Gasteiger partial charge in [-0.1, -0.05) is 30.3 Å². The first-order chi connectivity index (χ1) is 8.66. The maximum absolute atomic E-state index is 4.09. The minimum absolute atomic E-state index is 0.153. The van der Waals surface area contributed by atoms with Gasteiger partial charge in [0.2, 0.25) is 0 Å². The Morgan fingerprint density at radius 3 is 2.67 bits per heavy atom. The monoisotopic (exact) mass is 260 g/mol. The standard InChI is InChI=1S/C15H20N2S/c1-15(2,17-11-14-10-16-12-18-14)9-8-13-6-4-3-5-7-13/h3-7,10,12,17H,8-9,11H2,1-2H3. The zero-order valence-corrected chi connectivity index (χ0v) is 11.8. The van der Waals surface area contributed by atoms with Crippen molar-refractivity contribution in [1.82, 2.24) is 10.3 Å². The summed E-state index contributed by atoms with van der Waals surface area (Å²) in [5.41, 5.74) is 3.44. The lowest BCUT2D eigenvalue weighted by atomic mass is 9.95. The molecule has 0 aliphatic carbocycles. The third-order valence-corrected chi connectivity index (χ3v) is 3.89. The van der Waals surface area contributed by atoms with Crippen LogP contribution in [0.4, 0.5) is 0 Å². The van der Waals surface area contributed by atoms with Crippen LogP contribution in [-0.2, 0) is 13.0 Å². The van der Waals surface area contributed by atoms with Gasteiger partial charge in [-0.2, -0.15) is 0 Å². The quantitative estimate of drug-likeness (QED) is 0.857. The zero-order chi connectivity index (χ0) is 12.8. The zero-order valence-electron chi connectivity index (χ0n) is 11.0. The molecule has 1 aromatic carbocycles. The van der Waals surface area contributed by atoms with Crippen LogP contribution in [0.1, 0.15) is 30.7 Å². The van der Waals surface area contributed by atoms with E-state index in [1.807, 2.05) is 11.7 Å². The van der Waals surface area contributed by atoms with Crippen LogP contribution in [0.25, 0.3) is 0 Å². The van der Waals surface area contributed by atoms with Crippen molar-refractivity contribution in [1.29, 1.82) is 0 Å². The average molecular weight is 260 g/mol. The molecule has 0 amide bonds. The Morgan fingerprint density at radius 2 is 2.00 bits per heavy atom. The van der Waals surface area contributed by atoms with Crippen molar-refractivity contribution in [3.8, 4) is 0 Å². The van der Waals surface area contributed by atoms with Gasteiger partial charge in [-0.15, -0.1) is 11.3 Å². The molecule has 1 heterocycles. The molecule has 0 spiro atoms. The van der Waals surface area contributed by atoms with Crippen LogP contribution < -0.4 is 5.32 Å². The minimum atomic E-state index is 0.153. The first-order valence-corrected chi connectivity index (χ1v) is 7.20. The van der Waals surface area contributed by atoms with Crippen molar-refractivity contribution in [2.75, 3.05) is 0 Å². The van der Waals surface area contributed by atoms with E-state index in [2.05, 4.69) is 54.5 Å². The Labute approximate surface area is 113 Å². The Hall–Kier alpha value is -1.19. The van der Waals surface area contributed by atoms with Crippen LogP contribution in [0.3, 0.4) is 0 Å². The highest BCUT2D eigenvalue weighted by molar-refractivity contribution is 7.09. The molecule has 0 saturated carbocycles. The van der Waals surface area contributed by atoms with Crippen molar-refractivity contribution in [2.45, 2.75) is 38.8 Å². The van der Waals surface area contributed by atoms with Crippen LogP contribution in [0.15, 0.2) is 42.0 Å². The molecule has 3 heteroatoms. The predicted molar refractivity (Wildman–Crippen MR) is 77.8 cm³/mol. The summed E-state index contributed by atoms with van der Waals surface area (Å²) in [5, 5.41) is 3.60. The first-order valence-electron chi connectivity index (χ1n) is 6.32. The van der Waals surface area contributed by atoms with E-state index in [-0.39, 0.29) is 5.54 Å². The average Bonchev–Trinajstić information content (AvgIpc) is 2.89. The Balaban J connectivity index is 1.80. The molecule has 96 valence electrons. The van der Waals surface area contributed by atoms with E-state index < -0.39 is 0 Å². The molecule has 2 aromatic rings. The summed E-state index contributed by atoms with van der Waals surface area (Å²) >= 11 is 1.70. The maximum atomic E-state index is 4.09. The molecule has 0 aliphatic rings. The second-order valence-corrected chi connectivity index (χ2v) is 6.16. The van der Waals surface area contributed by atoms with Crippen molar-refractivity contribution < 1.29 is 0 Å². The van der Waals surface area contributed by atoms with E-state index in [4.69, 9.17) is 0 Å². The molecule has 2 rings (SSSR count). The first kappa shape index (κ1) is 13.2. The van der Waals surface area contributed by atoms with Gasteiger partial charge < -0.3 is 5.32 Å². The van der Waals surface area contributed by atoms with Crippen LogP contribution in [0.2, 0.25) is 0 Å². The molecule has 0 fully saturated rings. The lowest BCUT2D eigenvalue weighted by molar-refractivity contribution is 0.361. The lowest BCUT2D eigenvalue weighted by Crippen LogP contribution is -2.38. The summed E-state index contributed by atoms with van der Waals surface area (Å²) in [6, 6.07) is 10.7. The summed E-state index contributed by atoms with van der Waals surface area (Å²) in [7, 11) is 0. The molecule has 1 N–H and O–H groups in total. The molecule has 2 nitrogen and oxygen atoms in total. The van der Waals surface area contributed by atoms with E-state index in [0.717, 1.165) is 19.4 Å². The number of nitrogens with one attached hydrogen (secondary N) is 1. The van der Waals surface area contributed by atoms with E-state index in [0.29, 0.717) is 0 Å². The number of benzene rings is 1. The normalized spacial score (nSPS) is 11.7. The summed E-state index contributed by atoms with van der Waals surface area (Å²) in [4.78, 5) is 5.39. The molecule has 0 atom stereocenters. The molecular weight excluding hydrogens is 240 g/mol. The van der Waals surface area contributed by atoms with Gasteiger partial charge in [-0.25, -0.2) is 0 Å². The van der Waals surface area contributed by atoms with Gasteiger partial charge in [0.15, 0.2) is 0 Å². The number of hydrogen-bond acceptors (Lipinski definition) is 3. The van der Waals surface area contributed by atoms with Gasteiger partial charge in [0, 0.05) is 23.2 Å². The minimum Gasteiger partial charge on any atom is -0.307 e. The highest BCUT2D eigenvalue weighted by atomic mass is 32.1. The van der Waals surface area contributed by atoms with Crippen LogP contribution >= 0.6 is 11.3 Å². The molecule has 0 unspecified atom stereocenters. The van der Waals surface area contributed by atoms with E-state index in [9.17, 15) is 0 Å². The van der Waals surface area contributed by atoms with Gasteiger partial charge in [0.25, 0.3) is 0 Å². The molecule has 1 aromatic heterocycles. The fraction of sp³-hybridized carbons (Fsp3) is 0.400. The summed E-state index contributed by atoms with van der Waals surface area (Å²) in [6.45, 7) is 5.43. The Kier molecular flexibility index (Phi) is 4.50. The summed E-state index contributed by atoms with van der Waals surface area (Å²) in [5.74, 6) is 0. The van der Waals surface area contributed by atoms with Crippen molar-refractivity contribution in [3.05, 3.63) is 52.5 Å². The predicted octanol–water partition coefficient (Wildman–Crippen LogP) is 3.64. The van der Waals surface area contributed by atoms with Crippen LogP contribution in [0.5, 0.6) is 0 Å². The van der Waals surface area contributed by atoms with Gasteiger partial charge in [0.1, 0.15) is 0 Å². The fourth-order valence-electron chi connectivity index (χ4n) is 1.85. The van der Waals surface area contributed by atoms with Gasteiger partial charge in [-0.3, -0.25) is 4.98 Å². The van der Waals surface area contributed by atoms with E-state index in [1.165, 1.54) is 10.4 Å². The molecular formula is C15H20N2S. The highest BCUT2D eigenvalue weighted by Gasteiger charge is 2.16. The number of rotatable bonds is 6. The highest BCUT2D eigenvalue weighted by Crippen LogP contribution is 2.15. The summed E-state index contributed by atoms with van der Waals surface area (Å²) in [6.07, 6.45) is 4.18. The van der Waals surface area contributed by atoms with Gasteiger partial charge in [-0.05, 0) is 32.3 Å². The number of aromatic nitrogens is 1. The molecule has 0 saturated heterocycles. The summed E-state index contributed by atoms with van der Waals surface area (Å²) < 4.78 is 0. The number of nitrogens with zero attached hydrogens (tertiary/aromatic N) is 1. The van der Waals surface area contributed by atoms with Crippen molar-refractivity contribution in [3.63, 3.8) is 0 Å². The van der Waals surface area contributed by atoms with E-state index in [1.54, 1.807) is 11.3 Å². The topological polar surface area (TPSA) is 24.9 Å². The van der Waals surface area contributed by atoms with Crippen LogP contribution in [-0.4, -0.2) is 10.5 Å². The lowest BCUT2D eigenvalue weighted by Gasteiger charge is -2.26. The Bertz CT molecular complexity index is 449. The van der Waals surface area contributed by atoms with Crippen molar-refractivity contribution in [2.24, 2.45) is 0 Å². The number of hydrogen-bond donors (Lipinski definition) is 1. The third kappa shape index (κ3) is 4.24. The Morgan fingerprint density at radius 1 is 1.22 bits per heavy atom. The molecule has 0 aliphatic heterocycles. The molecule has 0 bridgehead atoms. The van der Waals surface area contributed by atoms with Crippen molar-refractivity contribution >= 4 is 11.3 Å². The maximum Gasteiger partial charge on any atom is 0.0794 e. The van der Waals surface area contributed by atoms with Gasteiger partial charge >= 0.3 is 0 Å².